The molecule has 1 amide bonds. The summed E-state index contributed by atoms with van der Waals surface area (Å²) in [4.78, 5) is 17.0. The van der Waals surface area contributed by atoms with Crippen molar-refractivity contribution in [1.29, 1.82) is 0 Å². The average molecular weight is 310 g/mol. The van der Waals surface area contributed by atoms with E-state index in [0.29, 0.717) is 12.1 Å². The monoisotopic (exact) mass is 310 g/mol. The van der Waals surface area contributed by atoms with E-state index in [-0.39, 0.29) is 12.3 Å². The van der Waals surface area contributed by atoms with Crippen molar-refractivity contribution in [2.75, 3.05) is 19.7 Å². The molecule has 5 heteroatoms. The van der Waals surface area contributed by atoms with Gasteiger partial charge in [0.05, 0.1) is 12.3 Å². The van der Waals surface area contributed by atoms with Gasteiger partial charge in [0.2, 0.25) is 0 Å². The molecule has 126 valence electrons. The smallest absolute Gasteiger partial charge is 0.411 e. The molecule has 3 aliphatic heterocycles. The molecule has 5 nitrogen and oxygen atoms in total. The Morgan fingerprint density at radius 2 is 1.86 bits per heavy atom. The number of rotatable bonds is 2. The first-order chi connectivity index (χ1) is 10.5. The molecule has 0 spiro atoms. The van der Waals surface area contributed by atoms with Crippen molar-refractivity contribution >= 4 is 6.09 Å². The predicted molar refractivity (Wildman–Crippen MR) is 84.7 cm³/mol. The first-order valence-corrected chi connectivity index (χ1v) is 8.83. The zero-order chi connectivity index (χ0) is 15.7. The zero-order valence-electron chi connectivity index (χ0n) is 14.2. The number of carbonyl (C=O) groups is 1. The zero-order valence-corrected chi connectivity index (χ0v) is 14.2. The van der Waals surface area contributed by atoms with E-state index >= 15 is 0 Å². The fourth-order valence-corrected chi connectivity index (χ4v) is 4.12. The normalized spacial score (nSPS) is 33.6. The predicted octanol–water partition coefficient (Wildman–Crippen LogP) is 2.99. The highest BCUT2D eigenvalue weighted by Crippen LogP contribution is 2.34. The maximum Gasteiger partial charge on any atom is 0.411 e. The number of ether oxygens (including phenoxy) is 2. The molecular formula is C17H30N2O3. The topological polar surface area (TPSA) is 42.0 Å². The average Bonchev–Trinajstić information content (AvgIpc) is 3.17. The summed E-state index contributed by atoms with van der Waals surface area (Å²) in [6.45, 7) is 8.58. The van der Waals surface area contributed by atoms with E-state index in [4.69, 9.17) is 9.47 Å². The van der Waals surface area contributed by atoms with Crippen LogP contribution in [0.4, 0.5) is 4.79 Å². The highest BCUT2D eigenvalue weighted by Gasteiger charge is 2.43. The quantitative estimate of drug-likeness (QED) is 0.786. The van der Waals surface area contributed by atoms with Gasteiger partial charge in [-0.1, -0.05) is 0 Å². The molecule has 3 atom stereocenters. The standard InChI is InChI=1S/C17H30N2O3/c1-17(2,3)22-16(20)19-11-5-9-15(19)18-10-4-7-13(18)14-8-6-12-21-14/h13-15H,4-12H2,1-3H3. The minimum absolute atomic E-state index is 0.159. The number of nitrogens with zero attached hydrogens (tertiary/aromatic N) is 2. The summed E-state index contributed by atoms with van der Waals surface area (Å²) in [5.74, 6) is 0. The molecule has 0 radical (unpaired) electrons. The molecule has 0 bridgehead atoms. The van der Waals surface area contributed by atoms with Crippen LogP contribution in [0.1, 0.15) is 59.3 Å². The molecule has 3 saturated heterocycles. The molecule has 3 heterocycles. The van der Waals surface area contributed by atoms with E-state index in [0.717, 1.165) is 32.5 Å². The summed E-state index contributed by atoms with van der Waals surface area (Å²) < 4.78 is 11.5. The molecular weight excluding hydrogens is 280 g/mol. The lowest BCUT2D eigenvalue weighted by Crippen LogP contribution is -2.52. The van der Waals surface area contributed by atoms with Crippen LogP contribution in [-0.4, -0.2) is 59.5 Å². The molecule has 22 heavy (non-hydrogen) atoms. The second-order valence-electron chi connectivity index (χ2n) is 7.80. The van der Waals surface area contributed by atoms with Crippen molar-refractivity contribution in [2.24, 2.45) is 0 Å². The van der Waals surface area contributed by atoms with Crippen molar-refractivity contribution in [1.82, 2.24) is 9.80 Å². The Balaban J connectivity index is 1.67. The van der Waals surface area contributed by atoms with Crippen LogP contribution >= 0.6 is 0 Å². The summed E-state index contributed by atoms with van der Waals surface area (Å²) in [6, 6.07) is 0.482. The van der Waals surface area contributed by atoms with Crippen molar-refractivity contribution in [3.63, 3.8) is 0 Å². The van der Waals surface area contributed by atoms with Gasteiger partial charge in [0.25, 0.3) is 0 Å². The lowest BCUT2D eigenvalue weighted by Gasteiger charge is -2.38. The van der Waals surface area contributed by atoms with E-state index in [1.54, 1.807) is 0 Å². The van der Waals surface area contributed by atoms with E-state index in [9.17, 15) is 4.79 Å². The summed E-state index contributed by atoms with van der Waals surface area (Å²) in [7, 11) is 0. The minimum atomic E-state index is -0.427. The largest absolute Gasteiger partial charge is 0.444 e. The summed E-state index contributed by atoms with van der Waals surface area (Å²) in [6.07, 6.45) is 7.28. The molecule has 0 aliphatic carbocycles. The van der Waals surface area contributed by atoms with Gasteiger partial charge in [-0.05, 0) is 59.3 Å². The van der Waals surface area contributed by atoms with Gasteiger partial charge >= 0.3 is 6.09 Å². The lowest BCUT2D eigenvalue weighted by molar-refractivity contribution is -0.0248. The Kier molecular flexibility index (Phi) is 4.64. The van der Waals surface area contributed by atoms with Crippen LogP contribution in [0.3, 0.4) is 0 Å². The van der Waals surface area contributed by atoms with E-state index in [1.165, 1.54) is 25.7 Å². The highest BCUT2D eigenvalue weighted by molar-refractivity contribution is 5.68. The van der Waals surface area contributed by atoms with Crippen molar-refractivity contribution < 1.29 is 14.3 Å². The van der Waals surface area contributed by atoms with Crippen LogP contribution in [-0.2, 0) is 9.47 Å². The lowest BCUT2D eigenvalue weighted by atomic mass is 10.1. The second kappa shape index (κ2) is 6.36. The van der Waals surface area contributed by atoms with Crippen LogP contribution in [0.5, 0.6) is 0 Å². The van der Waals surface area contributed by atoms with Crippen molar-refractivity contribution in [3.8, 4) is 0 Å². The fraction of sp³-hybridized carbons (Fsp3) is 0.941. The molecule has 0 saturated carbocycles. The highest BCUT2D eigenvalue weighted by atomic mass is 16.6. The third-order valence-electron chi connectivity index (χ3n) is 4.97. The third-order valence-corrected chi connectivity index (χ3v) is 4.97. The van der Waals surface area contributed by atoms with Gasteiger partial charge in [-0.3, -0.25) is 9.80 Å². The maximum atomic E-state index is 12.5. The van der Waals surface area contributed by atoms with Gasteiger partial charge in [0, 0.05) is 25.7 Å². The molecule has 3 unspecified atom stereocenters. The second-order valence-corrected chi connectivity index (χ2v) is 7.80. The van der Waals surface area contributed by atoms with Gasteiger partial charge in [-0.2, -0.15) is 0 Å². The van der Waals surface area contributed by atoms with Crippen LogP contribution < -0.4 is 0 Å². The van der Waals surface area contributed by atoms with Crippen LogP contribution in [0.15, 0.2) is 0 Å². The number of hydrogen-bond acceptors (Lipinski definition) is 4. The molecule has 0 aromatic rings. The Hall–Kier alpha value is -0.810. The Morgan fingerprint density at radius 3 is 2.55 bits per heavy atom. The summed E-state index contributed by atoms with van der Waals surface area (Å²) >= 11 is 0. The van der Waals surface area contributed by atoms with Crippen LogP contribution in [0.25, 0.3) is 0 Å². The maximum absolute atomic E-state index is 12.5. The number of likely N-dealkylation sites (tertiary alicyclic amines) is 2. The fourth-order valence-electron chi connectivity index (χ4n) is 4.12. The summed E-state index contributed by atoms with van der Waals surface area (Å²) in [5.41, 5.74) is -0.427. The van der Waals surface area contributed by atoms with Crippen LogP contribution in [0, 0.1) is 0 Å². The summed E-state index contributed by atoms with van der Waals surface area (Å²) in [5, 5.41) is 0. The van der Waals surface area contributed by atoms with Gasteiger partial charge in [-0.15, -0.1) is 0 Å². The van der Waals surface area contributed by atoms with Crippen molar-refractivity contribution in [2.45, 2.75) is 83.2 Å². The number of amides is 1. The van der Waals surface area contributed by atoms with E-state index in [2.05, 4.69) is 4.90 Å². The minimum Gasteiger partial charge on any atom is -0.444 e. The molecule has 0 aromatic carbocycles. The number of hydrogen-bond donors (Lipinski definition) is 0. The number of carbonyl (C=O) groups excluding carboxylic acids is 1. The first kappa shape index (κ1) is 16.1. The van der Waals surface area contributed by atoms with Gasteiger partial charge in [0.1, 0.15) is 5.60 Å². The molecule has 3 fully saturated rings. The van der Waals surface area contributed by atoms with Crippen LogP contribution in [0.2, 0.25) is 0 Å². The Labute approximate surface area is 133 Å². The molecule has 0 N–H and O–H groups in total. The van der Waals surface area contributed by atoms with Gasteiger partial charge in [-0.25, -0.2) is 4.79 Å². The Bertz CT molecular complexity index is 401. The van der Waals surface area contributed by atoms with Gasteiger partial charge in [0.15, 0.2) is 0 Å². The SMILES string of the molecule is CC(C)(C)OC(=O)N1CCCC1N1CCCC1C1CCCO1. The molecule has 3 aliphatic rings. The molecule has 3 rings (SSSR count). The van der Waals surface area contributed by atoms with Gasteiger partial charge < -0.3 is 9.47 Å². The van der Waals surface area contributed by atoms with E-state index < -0.39 is 5.60 Å². The third kappa shape index (κ3) is 3.40. The molecule has 0 aromatic heterocycles. The Morgan fingerprint density at radius 1 is 1.09 bits per heavy atom. The first-order valence-electron chi connectivity index (χ1n) is 8.83. The van der Waals surface area contributed by atoms with E-state index in [1.807, 2.05) is 25.7 Å². The van der Waals surface area contributed by atoms with Crippen molar-refractivity contribution in [3.05, 3.63) is 0 Å².